The third-order valence-corrected chi connectivity index (χ3v) is 4.83. The molecule has 0 saturated heterocycles. The Balaban J connectivity index is 1.78. The Bertz CT molecular complexity index is 856. The number of furan rings is 1. The first-order chi connectivity index (χ1) is 13.3. The number of aryl methyl sites for hydroxylation is 1. The van der Waals surface area contributed by atoms with Crippen LogP contribution in [-0.2, 0) is 9.59 Å². The van der Waals surface area contributed by atoms with Gasteiger partial charge in [-0.3, -0.25) is 9.59 Å². The Morgan fingerprint density at radius 2 is 1.93 bits per heavy atom. The van der Waals surface area contributed by atoms with Crippen LogP contribution in [0.3, 0.4) is 0 Å². The molecule has 0 spiro atoms. The van der Waals surface area contributed by atoms with Gasteiger partial charge in [0.2, 0.25) is 0 Å². The number of quaternary nitrogens is 1. The monoisotopic (exact) mass is 383 g/mol. The molecule has 148 valence electrons. The maximum absolute atomic E-state index is 13.0. The fourth-order valence-electron chi connectivity index (χ4n) is 3.18. The minimum Gasteiger partial charge on any atom is -0.467 e. The van der Waals surface area contributed by atoms with Gasteiger partial charge in [0.15, 0.2) is 13.1 Å². The lowest BCUT2D eigenvalue weighted by molar-refractivity contribution is -0.863. The van der Waals surface area contributed by atoms with Crippen molar-refractivity contribution in [3.05, 3.63) is 59.5 Å². The number of carbonyl (C=O) groups is 2. The highest BCUT2D eigenvalue weighted by Gasteiger charge is 2.36. The van der Waals surface area contributed by atoms with Gasteiger partial charge in [-0.15, -0.1) is 0 Å². The summed E-state index contributed by atoms with van der Waals surface area (Å²) in [6.45, 7) is 2.48. The molecule has 1 unspecified atom stereocenters. The number of nitrogens with zero attached hydrogens (tertiary/aromatic N) is 3. The van der Waals surface area contributed by atoms with E-state index < -0.39 is 0 Å². The van der Waals surface area contributed by atoms with Crippen LogP contribution in [0, 0.1) is 6.92 Å². The van der Waals surface area contributed by atoms with E-state index in [1.54, 1.807) is 20.4 Å². The first-order valence-electron chi connectivity index (χ1n) is 9.36. The van der Waals surface area contributed by atoms with Gasteiger partial charge in [0.25, 0.3) is 11.8 Å². The van der Waals surface area contributed by atoms with Gasteiger partial charge >= 0.3 is 0 Å². The van der Waals surface area contributed by atoms with E-state index >= 15 is 0 Å². The van der Waals surface area contributed by atoms with Crippen molar-refractivity contribution in [3.63, 3.8) is 0 Å². The Morgan fingerprint density at radius 3 is 2.54 bits per heavy atom. The zero-order chi connectivity index (χ0) is 20.3. The van der Waals surface area contributed by atoms with Crippen molar-refractivity contribution in [2.24, 2.45) is 5.10 Å². The zero-order valence-electron chi connectivity index (χ0n) is 16.8. The summed E-state index contributed by atoms with van der Waals surface area (Å²) in [6, 6.07) is 11.5. The van der Waals surface area contributed by atoms with Crippen LogP contribution in [0.4, 0.5) is 0 Å². The summed E-state index contributed by atoms with van der Waals surface area (Å²) in [5.74, 6) is 0.562. The number of rotatable bonds is 6. The predicted octanol–water partition coefficient (Wildman–Crippen LogP) is 0.869. The smallest absolute Gasteiger partial charge is 0.298 e. The number of carbonyl (C=O) groups excluding carboxylic acids is 2. The molecule has 1 aromatic carbocycles. The molecule has 7 heteroatoms. The van der Waals surface area contributed by atoms with Gasteiger partial charge in [0.05, 0.1) is 19.0 Å². The van der Waals surface area contributed by atoms with Crippen LogP contribution in [0.5, 0.6) is 0 Å². The van der Waals surface area contributed by atoms with Gasteiger partial charge in [-0.2, -0.15) is 5.10 Å². The lowest BCUT2D eigenvalue weighted by atomic mass is 10.0. The molecule has 2 amide bonds. The highest BCUT2D eigenvalue weighted by Crippen LogP contribution is 2.32. The van der Waals surface area contributed by atoms with Crippen LogP contribution in [0.1, 0.15) is 29.3 Å². The zero-order valence-corrected chi connectivity index (χ0v) is 16.8. The quantitative estimate of drug-likeness (QED) is 0.805. The maximum atomic E-state index is 13.0. The predicted molar refractivity (Wildman–Crippen MR) is 106 cm³/mol. The van der Waals surface area contributed by atoms with Crippen LogP contribution in [-0.4, -0.2) is 61.7 Å². The topological polar surface area (TPSA) is 70.6 Å². The summed E-state index contributed by atoms with van der Waals surface area (Å²) in [5.41, 5.74) is 3.03. The normalized spacial score (nSPS) is 17.4. The first-order valence-corrected chi connectivity index (χ1v) is 9.36. The molecular formula is C21H27N4O3+. The number of hydrazone groups is 1. The molecule has 1 aliphatic heterocycles. The molecule has 0 fully saturated rings. The third-order valence-electron chi connectivity index (χ3n) is 4.83. The lowest BCUT2D eigenvalue weighted by Crippen LogP contribution is -3.11. The highest BCUT2D eigenvalue weighted by atomic mass is 16.3. The summed E-state index contributed by atoms with van der Waals surface area (Å²) in [7, 11) is 5.26. The van der Waals surface area contributed by atoms with Crippen molar-refractivity contribution in [2.45, 2.75) is 19.4 Å². The second-order valence-electron chi connectivity index (χ2n) is 7.49. The van der Waals surface area contributed by atoms with Crippen LogP contribution < -0.4 is 4.90 Å². The van der Waals surface area contributed by atoms with Crippen molar-refractivity contribution in [2.75, 3.05) is 34.2 Å². The lowest BCUT2D eigenvalue weighted by Gasteiger charge is -2.22. The van der Waals surface area contributed by atoms with Gasteiger partial charge in [0.1, 0.15) is 11.8 Å². The molecule has 0 aliphatic carbocycles. The largest absolute Gasteiger partial charge is 0.467 e. The highest BCUT2D eigenvalue weighted by molar-refractivity contribution is 6.03. The standard InChI is InChI=1S/C21H26N4O3/c1-15-7-9-16(10-8-15)17-12-18(19-6-5-11-28-19)25(22-17)21(27)14-24(4)13-20(26)23(2)3/h5-11,18H,12-14H2,1-4H3/p+1/t18-/m1/s1. The number of likely N-dealkylation sites (N-methyl/N-ethyl adjacent to an activating group) is 2. The van der Waals surface area contributed by atoms with E-state index in [-0.39, 0.29) is 30.9 Å². The number of nitrogens with one attached hydrogen (secondary N) is 1. The molecule has 0 saturated carbocycles. The van der Waals surface area contributed by atoms with Crippen LogP contribution in [0.25, 0.3) is 0 Å². The molecule has 1 aliphatic rings. The summed E-state index contributed by atoms with van der Waals surface area (Å²) in [5, 5.41) is 6.14. The molecule has 3 rings (SSSR count). The molecule has 7 nitrogen and oxygen atoms in total. The molecule has 1 aromatic heterocycles. The van der Waals surface area contributed by atoms with Gasteiger partial charge in [0, 0.05) is 20.5 Å². The van der Waals surface area contributed by atoms with Crippen LogP contribution in [0.2, 0.25) is 0 Å². The second-order valence-corrected chi connectivity index (χ2v) is 7.49. The van der Waals surface area contributed by atoms with E-state index in [1.807, 2.05) is 50.4 Å². The fourth-order valence-corrected chi connectivity index (χ4v) is 3.18. The molecule has 1 N–H and O–H groups in total. The van der Waals surface area contributed by atoms with Crippen molar-refractivity contribution >= 4 is 17.5 Å². The van der Waals surface area contributed by atoms with E-state index in [4.69, 9.17) is 4.42 Å². The number of hydrogen-bond donors (Lipinski definition) is 1. The molecular weight excluding hydrogens is 356 g/mol. The molecule has 2 heterocycles. The number of benzene rings is 1. The Morgan fingerprint density at radius 1 is 1.21 bits per heavy atom. The van der Waals surface area contributed by atoms with Crippen molar-refractivity contribution < 1.29 is 18.9 Å². The summed E-state index contributed by atoms with van der Waals surface area (Å²) < 4.78 is 5.57. The average molecular weight is 383 g/mol. The molecule has 0 bridgehead atoms. The van der Waals surface area contributed by atoms with Gasteiger partial charge < -0.3 is 14.2 Å². The molecule has 28 heavy (non-hydrogen) atoms. The summed E-state index contributed by atoms with van der Waals surface area (Å²) in [4.78, 5) is 27.2. The van der Waals surface area contributed by atoms with Crippen molar-refractivity contribution in [1.29, 1.82) is 0 Å². The first kappa shape index (κ1) is 19.8. The summed E-state index contributed by atoms with van der Waals surface area (Å²) in [6.07, 6.45) is 2.20. The Hall–Kier alpha value is -2.93. The van der Waals surface area contributed by atoms with Crippen molar-refractivity contribution in [1.82, 2.24) is 9.91 Å². The Kier molecular flexibility index (Phi) is 5.94. The van der Waals surface area contributed by atoms with E-state index in [9.17, 15) is 9.59 Å². The fraction of sp³-hybridized carbons (Fsp3) is 0.381. The Labute approximate surface area is 165 Å². The average Bonchev–Trinajstić information content (AvgIpc) is 3.31. The number of amides is 2. The van der Waals surface area contributed by atoms with Crippen LogP contribution >= 0.6 is 0 Å². The minimum atomic E-state index is -0.267. The maximum Gasteiger partial charge on any atom is 0.298 e. The summed E-state index contributed by atoms with van der Waals surface area (Å²) >= 11 is 0. The van der Waals surface area contributed by atoms with E-state index in [0.717, 1.165) is 16.2 Å². The third kappa shape index (κ3) is 4.48. The van der Waals surface area contributed by atoms with Gasteiger partial charge in [-0.25, -0.2) is 5.01 Å². The SMILES string of the molecule is Cc1ccc(C2=NN(C(=O)C[NH+](C)CC(=O)N(C)C)[C@@H](c3ccco3)C2)cc1. The van der Waals surface area contributed by atoms with Crippen molar-refractivity contribution in [3.8, 4) is 0 Å². The van der Waals surface area contributed by atoms with Crippen LogP contribution in [0.15, 0.2) is 52.2 Å². The van der Waals surface area contributed by atoms with E-state index in [1.165, 1.54) is 15.5 Å². The molecule has 0 radical (unpaired) electrons. The minimum absolute atomic E-state index is 0.0156. The van der Waals surface area contributed by atoms with Gasteiger partial charge in [-0.1, -0.05) is 29.8 Å². The van der Waals surface area contributed by atoms with E-state index in [2.05, 4.69) is 5.10 Å². The molecule has 2 atom stereocenters. The second kappa shape index (κ2) is 8.39. The van der Waals surface area contributed by atoms with E-state index in [0.29, 0.717) is 12.2 Å². The van der Waals surface area contributed by atoms with Gasteiger partial charge in [-0.05, 0) is 24.6 Å². The number of hydrogen-bond acceptors (Lipinski definition) is 4. The molecule has 2 aromatic rings.